The minimum absolute atomic E-state index is 0.0748. The molecule has 0 aromatic heterocycles. The lowest BCUT2D eigenvalue weighted by Gasteiger charge is -2.27. The lowest BCUT2D eigenvalue weighted by molar-refractivity contribution is 0.0721. The van der Waals surface area contributed by atoms with Gasteiger partial charge >= 0.3 is 0 Å². The zero-order valence-corrected chi connectivity index (χ0v) is 15.8. The molecular formula is C20H23ClN2O3. The molecule has 0 saturated carbocycles. The topological polar surface area (TPSA) is 42.0 Å². The van der Waals surface area contributed by atoms with Gasteiger partial charge in [-0.3, -0.25) is 4.79 Å². The van der Waals surface area contributed by atoms with Gasteiger partial charge in [-0.25, -0.2) is 0 Å². The van der Waals surface area contributed by atoms with Crippen molar-refractivity contribution in [3.8, 4) is 11.5 Å². The number of carbonyl (C=O) groups excluding carboxylic acids is 1. The summed E-state index contributed by atoms with van der Waals surface area (Å²) in [6.45, 7) is 2.79. The molecule has 0 bridgehead atoms. The van der Waals surface area contributed by atoms with E-state index in [0.717, 1.165) is 12.1 Å². The fraction of sp³-hybridized carbons (Fsp3) is 0.350. The maximum atomic E-state index is 13.3. The average molecular weight is 375 g/mol. The Bertz CT molecular complexity index is 779. The van der Waals surface area contributed by atoms with Crippen molar-refractivity contribution in [1.82, 2.24) is 9.80 Å². The van der Waals surface area contributed by atoms with Crippen molar-refractivity contribution in [3.63, 3.8) is 0 Å². The SMILES string of the molecule is CN(C)CCN(Cc1cccc(Cl)c1)C(=O)c1cccc2c1OCCO2. The van der Waals surface area contributed by atoms with E-state index in [9.17, 15) is 4.79 Å². The van der Waals surface area contributed by atoms with Gasteiger partial charge in [0.05, 0.1) is 5.56 Å². The lowest BCUT2D eigenvalue weighted by atomic mass is 10.1. The quantitative estimate of drug-likeness (QED) is 0.778. The van der Waals surface area contributed by atoms with Crippen LogP contribution in [0.15, 0.2) is 42.5 Å². The first-order chi connectivity index (χ1) is 12.5. The van der Waals surface area contributed by atoms with Gasteiger partial charge in [0.25, 0.3) is 5.91 Å². The summed E-state index contributed by atoms with van der Waals surface area (Å²) in [4.78, 5) is 17.1. The molecule has 0 N–H and O–H groups in total. The zero-order valence-electron chi connectivity index (χ0n) is 15.1. The van der Waals surface area contributed by atoms with Crippen LogP contribution in [-0.4, -0.2) is 56.1 Å². The highest BCUT2D eigenvalue weighted by atomic mass is 35.5. The number of amides is 1. The Balaban J connectivity index is 1.87. The molecule has 2 aromatic rings. The summed E-state index contributed by atoms with van der Waals surface area (Å²) in [5.41, 5.74) is 1.52. The Labute approximate surface area is 159 Å². The van der Waals surface area contributed by atoms with Gasteiger partial charge in [-0.1, -0.05) is 29.8 Å². The molecule has 1 heterocycles. The van der Waals surface area contributed by atoms with Crippen molar-refractivity contribution in [3.05, 3.63) is 58.6 Å². The van der Waals surface area contributed by atoms with Crippen LogP contribution in [0.5, 0.6) is 11.5 Å². The molecule has 6 heteroatoms. The molecule has 138 valence electrons. The highest BCUT2D eigenvalue weighted by Gasteiger charge is 2.24. The molecule has 0 radical (unpaired) electrons. The second kappa shape index (κ2) is 8.43. The monoisotopic (exact) mass is 374 g/mol. The summed E-state index contributed by atoms with van der Waals surface area (Å²) in [6, 6.07) is 13.0. The summed E-state index contributed by atoms with van der Waals surface area (Å²) in [6.07, 6.45) is 0. The number of halogens is 1. The molecule has 5 nitrogen and oxygen atoms in total. The van der Waals surface area contributed by atoms with Gasteiger partial charge in [0.1, 0.15) is 13.2 Å². The van der Waals surface area contributed by atoms with Crippen LogP contribution in [0.3, 0.4) is 0 Å². The number of para-hydroxylation sites is 1. The van der Waals surface area contributed by atoms with Gasteiger partial charge < -0.3 is 19.3 Å². The van der Waals surface area contributed by atoms with E-state index in [1.807, 2.05) is 55.4 Å². The number of likely N-dealkylation sites (N-methyl/N-ethyl adjacent to an activating group) is 1. The van der Waals surface area contributed by atoms with Gasteiger partial charge in [-0.05, 0) is 43.9 Å². The van der Waals surface area contributed by atoms with Crippen LogP contribution in [0.1, 0.15) is 15.9 Å². The molecule has 2 aromatic carbocycles. The van der Waals surface area contributed by atoms with Crippen LogP contribution in [0.4, 0.5) is 0 Å². The second-order valence-corrected chi connectivity index (χ2v) is 6.93. The first kappa shape index (κ1) is 18.5. The minimum Gasteiger partial charge on any atom is -0.486 e. The number of benzene rings is 2. The number of carbonyl (C=O) groups is 1. The minimum atomic E-state index is -0.0748. The maximum absolute atomic E-state index is 13.3. The van der Waals surface area contributed by atoms with Gasteiger partial charge in [0, 0.05) is 24.7 Å². The Morgan fingerprint density at radius 3 is 2.62 bits per heavy atom. The normalized spacial score (nSPS) is 12.9. The van der Waals surface area contributed by atoms with E-state index in [0.29, 0.717) is 48.4 Å². The van der Waals surface area contributed by atoms with E-state index in [4.69, 9.17) is 21.1 Å². The van der Waals surface area contributed by atoms with Gasteiger partial charge in [-0.15, -0.1) is 0 Å². The summed E-state index contributed by atoms with van der Waals surface area (Å²) in [7, 11) is 3.98. The summed E-state index contributed by atoms with van der Waals surface area (Å²) < 4.78 is 11.3. The van der Waals surface area contributed by atoms with E-state index < -0.39 is 0 Å². The van der Waals surface area contributed by atoms with Crippen molar-refractivity contribution in [1.29, 1.82) is 0 Å². The number of rotatable bonds is 6. The number of hydrogen-bond donors (Lipinski definition) is 0. The van der Waals surface area contributed by atoms with E-state index in [2.05, 4.69) is 4.90 Å². The van der Waals surface area contributed by atoms with E-state index >= 15 is 0 Å². The first-order valence-corrected chi connectivity index (χ1v) is 8.99. The van der Waals surface area contributed by atoms with Crippen LogP contribution >= 0.6 is 11.6 Å². The molecule has 3 rings (SSSR count). The lowest BCUT2D eigenvalue weighted by Crippen LogP contribution is -2.36. The molecule has 1 aliphatic heterocycles. The molecule has 0 saturated heterocycles. The smallest absolute Gasteiger partial charge is 0.258 e. The third kappa shape index (κ3) is 4.48. The highest BCUT2D eigenvalue weighted by Crippen LogP contribution is 2.34. The first-order valence-electron chi connectivity index (χ1n) is 8.61. The van der Waals surface area contributed by atoms with E-state index in [1.54, 1.807) is 6.07 Å². The standard InChI is InChI=1S/C20H23ClN2O3/c1-22(2)9-10-23(14-15-5-3-6-16(21)13-15)20(24)17-7-4-8-18-19(17)26-12-11-25-18/h3-8,13H,9-12,14H2,1-2H3. The fourth-order valence-electron chi connectivity index (χ4n) is 2.84. The van der Waals surface area contributed by atoms with E-state index in [1.165, 1.54) is 0 Å². The molecule has 1 amide bonds. The fourth-order valence-corrected chi connectivity index (χ4v) is 3.05. The van der Waals surface area contributed by atoms with Crippen LogP contribution in [-0.2, 0) is 6.54 Å². The Morgan fingerprint density at radius 1 is 1.08 bits per heavy atom. The molecule has 0 atom stereocenters. The third-order valence-corrected chi connectivity index (χ3v) is 4.40. The van der Waals surface area contributed by atoms with Crippen LogP contribution in [0, 0.1) is 0 Å². The van der Waals surface area contributed by atoms with Crippen molar-refractivity contribution >= 4 is 17.5 Å². The molecule has 1 aliphatic rings. The summed E-state index contributed by atoms with van der Waals surface area (Å²) >= 11 is 6.10. The van der Waals surface area contributed by atoms with Crippen LogP contribution in [0.2, 0.25) is 5.02 Å². The van der Waals surface area contributed by atoms with Crippen LogP contribution < -0.4 is 9.47 Å². The predicted octanol–water partition coefficient (Wildman–Crippen LogP) is 3.32. The molecule has 26 heavy (non-hydrogen) atoms. The molecular weight excluding hydrogens is 352 g/mol. The zero-order chi connectivity index (χ0) is 18.5. The van der Waals surface area contributed by atoms with Crippen molar-refractivity contribution in [2.45, 2.75) is 6.54 Å². The largest absolute Gasteiger partial charge is 0.486 e. The Morgan fingerprint density at radius 2 is 1.85 bits per heavy atom. The molecule has 0 unspecified atom stereocenters. The second-order valence-electron chi connectivity index (χ2n) is 6.49. The van der Waals surface area contributed by atoms with Crippen molar-refractivity contribution in [2.24, 2.45) is 0 Å². The average Bonchev–Trinajstić information content (AvgIpc) is 2.64. The van der Waals surface area contributed by atoms with Crippen molar-refractivity contribution in [2.75, 3.05) is 40.4 Å². The summed E-state index contributed by atoms with van der Waals surface area (Å²) in [5.74, 6) is 1.08. The predicted molar refractivity (Wildman–Crippen MR) is 102 cm³/mol. The molecule has 0 spiro atoms. The maximum Gasteiger partial charge on any atom is 0.258 e. The number of fused-ring (bicyclic) bond motifs is 1. The van der Waals surface area contributed by atoms with Gasteiger partial charge in [0.2, 0.25) is 0 Å². The Kier molecular flexibility index (Phi) is 6.01. The number of nitrogens with zero attached hydrogens (tertiary/aromatic N) is 2. The van der Waals surface area contributed by atoms with Crippen LogP contribution in [0.25, 0.3) is 0 Å². The third-order valence-electron chi connectivity index (χ3n) is 4.16. The number of ether oxygens (including phenoxy) is 2. The molecule has 0 fully saturated rings. The Hall–Kier alpha value is -2.24. The van der Waals surface area contributed by atoms with Gasteiger partial charge in [-0.2, -0.15) is 0 Å². The van der Waals surface area contributed by atoms with Crippen molar-refractivity contribution < 1.29 is 14.3 Å². The van der Waals surface area contributed by atoms with E-state index in [-0.39, 0.29) is 5.91 Å². The molecule has 0 aliphatic carbocycles. The van der Waals surface area contributed by atoms with Gasteiger partial charge in [0.15, 0.2) is 11.5 Å². The highest BCUT2D eigenvalue weighted by molar-refractivity contribution is 6.30. The number of hydrogen-bond acceptors (Lipinski definition) is 4. The summed E-state index contributed by atoms with van der Waals surface area (Å²) in [5, 5.41) is 0.663.